The molecule has 0 spiro atoms. The highest BCUT2D eigenvalue weighted by Gasteiger charge is 2.31. The van der Waals surface area contributed by atoms with Crippen molar-refractivity contribution in [2.45, 2.75) is 31.6 Å². The van der Waals surface area contributed by atoms with Gasteiger partial charge in [-0.15, -0.1) is 11.3 Å². The predicted molar refractivity (Wildman–Crippen MR) is 117 cm³/mol. The number of sulfonamides is 1. The number of hydrogen-bond acceptors (Lipinski definition) is 6. The quantitative estimate of drug-likeness (QED) is 0.645. The second-order valence-electron chi connectivity index (χ2n) is 7.16. The third-order valence-electron chi connectivity index (χ3n) is 5.27. The van der Waals surface area contributed by atoms with Gasteiger partial charge in [0.05, 0.1) is 24.0 Å². The molecule has 0 unspecified atom stereocenters. The van der Waals surface area contributed by atoms with Gasteiger partial charge in [-0.2, -0.15) is 4.31 Å². The number of piperazine rings is 1. The SMILES string of the molecule is CCCc1cc(C(=O)N2CCN(S(=O)(=O)c3ccc(OC)c(OC)c3)CC2)sc1C. The molecule has 0 atom stereocenters. The zero-order chi connectivity index (χ0) is 21.9. The van der Waals surface area contributed by atoms with Crippen LogP contribution in [0.4, 0.5) is 0 Å². The van der Waals surface area contributed by atoms with Crippen LogP contribution in [-0.4, -0.2) is 63.9 Å². The number of carbonyl (C=O) groups is 1. The zero-order valence-corrected chi connectivity index (χ0v) is 19.4. The van der Waals surface area contributed by atoms with Crippen LogP contribution in [0, 0.1) is 6.92 Å². The van der Waals surface area contributed by atoms with E-state index in [4.69, 9.17) is 9.47 Å². The van der Waals surface area contributed by atoms with Crippen molar-refractivity contribution in [2.75, 3.05) is 40.4 Å². The summed E-state index contributed by atoms with van der Waals surface area (Å²) in [5, 5.41) is 0. The molecule has 1 amide bonds. The summed E-state index contributed by atoms with van der Waals surface area (Å²) >= 11 is 1.52. The van der Waals surface area contributed by atoms with E-state index in [2.05, 4.69) is 6.92 Å². The molecule has 2 heterocycles. The van der Waals surface area contributed by atoms with Gasteiger partial charge < -0.3 is 14.4 Å². The number of methoxy groups -OCH3 is 2. The molecule has 164 valence electrons. The fraction of sp³-hybridized carbons (Fsp3) is 0.476. The first-order chi connectivity index (χ1) is 14.3. The summed E-state index contributed by atoms with van der Waals surface area (Å²) in [4.78, 5) is 16.7. The monoisotopic (exact) mass is 452 g/mol. The van der Waals surface area contributed by atoms with Crippen LogP contribution in [0.3, 0.4) is 0 Å². The van der Waals surface area contributed by atoms with Crippen LogP contribution in [0.5, 0.6) is 11.5 Å². The summed E-state index contributed by atoms with van der Waals surface area (Å²) in [5.74, 6) is 0.817. The smallest absolute Gasteiger partial charge is 0.264 e. The molecule has 1 aromatic carbocycles. The first-order valence-corrected chi connectivity index (χ1v) is 12.2. The number of ether oxygens (including phenoxy) is 2. The van der Waals surface area contributed by atoms with Gasteiger partial charge in [-0.05, 0) is 37.1 Å². The number of rotatable bonds is 7. The third kappa shape index (κ3) is 4.48. The minimum absolute atomic E-state index is 0.0198. The lowest BCUT2D eigenvalue weighted by Crippen LogP contribution is -2.50. The largest absolute Gasteiger partial charge is 0.493 e. The molecule has 1 aliphatic heterocycles. The van der Waals surface area contributed by atoms with Crippen LogP contribution in [0.2, 0.25) is 0 Å². The summed E-state index contributed by atoms with van der Waals surface area (Å²) in [6, 6.07) is 6.55. The molecule has 0 N–H and O–H groups in total. The molecule has 0 radical (unpaired) electrons. The maximum atomic E-state index is 13.0. The van der Waals surface area contributed by atoms with Crippen LogP contribution < -0.4 is 9.47 Å². The van der Waals surface area contributed by atoms with Crippen molar-refractivity contribution in [3.05, 3.63) is 39.6 Å². The molecule has 1 saturated heterocycles. The fourth-order valence-electron chi connectivity index (χ4n) is 3.56. The maximum Gasteiger partial charge on any atom is 0.264 e. The Balaban J connectivity index is 1.70. The molecule has 9 heteroatoms. The zero-order valence-electron chi connectivity index (χ0n) is 17.8. The second-order valence-corrected chi connectivity index (χ2v) is 10.3. The summed E-state index contributed by atoms with van der Waals surface area (Å²) in [6.07, 6.45) is 2.00. The van der Waals surface area contributed by atoms with E-state index in [0.717, 1.165) is 17.7 Å². The van der Waals surface area contributed by atoms with Gasteiger partial charge in [-0.1, -0.05) is 13.3 Å². The van der Waals surface area contributed by atoms with Crippen molar-refractivity contribution in [1.82, 2.24) is 9.21 Å². The fourth-order valence-corrected chi connectivity index (χ4v) is 6.03. The Labute approximate surface area is 182 Å². The molecule has 1 aliphatic rings. The van der Waals surface area contributed by atoms with Crippen molar-refractivity contribution >= 4 is 27.3 Å². The van der Waals surface area contributed by atoms with E-state index in [1.807, 2.05) is 13.0 Å². The lowest BCUT2D eigenvalue weighted by Gasteiger charge is -2.33. The lowest BCUT2D eigenvalue weighted by molar-refractivity contribution is 0.0702. The molecule has 1 aromatic heterocycles. The molecule has 0 bridgehead atoms. The first kappa shape index (κ1) is 22.6. The van der Waals surface area contributed by atoms with Gasteiger partial charge in [0.2, 0.25) is 10.0 Å². The molecule has 0 aliphatic carbocycles. The van der Waals surface area contributed by atoms with Gasteiger partial charge in [-0.25, -0.2) is 8.42 Å². The average Bonchev–Trinajstić information content (AvgIpc) is 3.13. The number of carbonyl (C=O) groups excluding carboxylic acids is 1. The standard InChI is InChI=1S/C21H28N2O5S2/c1-5-6-16-13-20(29-15(16)2)21(24)22-9-11-23(12-10-22)30(25,26)17-7-8-18(27-3)19(14-17)28-4/h7-8,13-14H,5-6,9-12H2,1-4H3. The van der Waals surface area contributed by atoms with E-state index in [0.29, 0.717) is 24.6 Å². The molecule has 3 rings (SSSR count). The van der Waals surface area contributed by atoms with Gasteiger partial charge in [0.1, 0.15) is 0 Å². The van der Waals surface area contributed by atoms with Crippen molar-refractivity contribution in [1.29, 1.82) is 0 Å². The molecule has 30 heavy (non-hydrogen) atoms. The van der Waals surface area contributed by atoms with Crippen molar-refractivity contribution in [3.8, 4) is 11.5 Å². The van der Waals surface area contributed by atoms with E-state index in [1.54, 1.807) is 11.0 Å². The van der Waals surface area contributed by atoms with Crippen molar-refractivity contribution in [3.63, 3.8) is 0 Å². The van der Waals surface area contributed by atoms with E-state index in [-0.39, 0.29) is 23.9 Å². The lowest BCUT2D eigenvalue weighted by atomic mass is 10.1. The van der Waals surface area contributed by atoms with E-state index in [1.165, 1.54) is 52.4 Å². The van der Waals surface area contributed by atoms with Gasteiger partial charge in [0.25, 0.3) is 5.91 Å². The molecular formula is C21H28N2O5S2. The minimum atomic E-state index is -3.68. The topological polar surface area (TPSA) is 76.2 Å². The summed E-state index contributed by atoms with van der Waals surface area (Å²) in [5.41, 5.74) is 1.22. The Bertz CT molecular complexity index is 1010. The Kier molecular flexibility index (Phi) is 7.05. The number of aryl methyl sites for hydroxylation is 2. The van der Waals surface area contributed by atoms with E-state index < -0.39 is 10.0 Å². The number of nitrogens with zero attached hydrogens (tertiary/aromatic N) is 2. The Morgan fingerprint density at radius 1 is 1.07 bits per heavy atom. The first-order valence-electron chi connectivity index (χ1n) is 9.92. The van der Waals surface area contributed by atoms with Crippen molar-refractivity contribution in [2.24, 2.45) is 0 Å². The van der Waals surface area contributed by atoms with Gasteiger partial charge >= 0.3 is 0 Å². The normalized spacial score (nSPS) is 15.3. The van der Waals surface area contributed by atoms with Gasteiger partial charge in [0, 0.05) is 37.1 Å². The average molecular weight is 453 g/mol. The maximum absolute atomic E-state index is 13.0. The summed E-state index contributed by atoms with van der Waals surface area (Å²) < 4.78 is 37.9. The second kappa shape index (κ2) is 9.36. The van der Waals surface area contributed by atoms with E-state index in [9.17, 15) is 13.2 Å². The highest BCUT2D eigenvalue weighted by atomic mass is 32.2. The Hall–Kier alpha value is -2.10. The van der Waals surface area contributed by atoms with Crippen LogP contribution in [0.25, 0.3) is 0 Å². The Morgan fingerprint density at radius 2 is 1.73 bits per heavy atom. The molecule has 2 aromatic rings. The Morgan fingerprint density at radius 3 is 2.33 bits per heavy atom. The molecule has 0 saturated carbocycles. The van der Waals surface area contributed by atoms with Crippen molar-refractivity contribution < 1.29 is 22.7 Å². The van der Waals surface area contributed by atoms with E-state index >= 15 is 0 Å². The van der Waals surface area contributed by atoms with Crippen LogP contribution in [0.15, 0.2) is 29.2 Å². The summed E-state index contributed by atoms with van der Waals surface area (Å²) in [7, 11) is -0.709. The highest BCUT2D eigenvalue weighted by Crippen LogP contribution is 2.31. The summed E-state index contributed by atoms with van der Waals surface area (Å²) in [6.45, 7) is 5.41. The minimum Gasteiger partial charge on any atom is -0.493 e. The highest BCUT2D eigenvalue weighted by molar-refractivity contribution is 7.89. The molecule has 1 fully saturated rings. The van der Waals surface area contributed by atoms with Gasteiger partial charge in [-0.3, -0.25) is 4.79 Å². The number of hydrogen-bond donors (Lipinski definition) is 0. The third-order valence-corrected chi connectivity index (χ3v) is 8.24. The van der Waals surface area contributed by atoms with Gasteiger partial charge in [0.15, 0.2) is 11.5 Å². The molecule has 7 nitrogen and oxygen atoms in total. The number of amides is 1. The number of benzene rings is 1. The van der Waals surface area contributed by atoms with Crippen LogP contribution in [0.1, 0.15) is 33.5 Å². The number of thiophene rings is 1. The predicted octanol–water partition coefficient (Wildman–Crippen LogP) is 3.17. The van der Waals surface area contributed by atoms with Crippen LogP contribution in [-0.2, 0) is 16.4 Å². The molecular weight excluding hydrogens is 424 g/mol. The van der Waals surface area contributed by atoms with Crippen LogP contribution >= 0.6 is 11.3 Å².